The molecule has 1 rings (SSSR count). The third kappa shape index (κ3) is 4.34. The molecule has 0 amide bonds. The van der Waals surface area contributed by atoms with Gasteiger partial charge in [-0.15, -0.1) is 0 Å². The number of benzene rings is 1. The van der Waals surface area contributed by atoms with Crippen LogP contribution in [0.5, 0.6) is 11.5 Å². The van der Waals surface area contributed by atoms with Crippen molar-refractivity contribution >= 4 is 6.21 Å². The second-order valence-corrected chi connectivity index (χ2v) is 3.65. The number of hydrogen-bond acceptors (Lipinski definition) is 5. The van der Waals surface area contributed by atoms with Crippen LogP contribution in [0.15, 0.2) is 23.3 Å². The monoisotopic (exact) mass is 247 g/mol. The van der Waals surface area contributed by atoms with Crippen LogP contribution in [0, 0.1) is 11.3 Å². The second-order valence-electron chi connectivity index (χ2n) is 3.65. The molecule has 0 atom stereocenters. The Labute approximate surface area is 107 Å². The molecule has 0 aliphatic rings. The number of methoxy groups -OCH3 is 1. The zero-order chi connectivity index (χ0) is 13.2. The summed E-state index contributed by atoms with van der Waals surface area (Å²) in [5.41, 5.74) is 0.852. The quantitative estimate of drug-likeness (QED) is 0.346. The van der Waals surface area contributed by atoms with Gasteiger partial charge in [-0.05, 0) is 36.6 Å². The fraction of sp³-hybridized carbons (Fsp3) is 0.385. The normalized spacial score (nSPS) is 10.2. The zero-order valence-corrected chi connectivity index (χ0v) is 10.4. The van der Waals surface area contributed by atoms with Crippen LogP contribution in [-0.4, -0.2) is 19.9 Å². The Morgan fingerprint density at radius 2 is 2.22 bits per heavy atom. The first-order valence-corrected chi connectivity index (χ1v) is 5.73. The van der Waals surface area contributed by atoms with Gasteiger partial charge in [0.2, 0.25) is 0 Å². The van der Waals surface area contributed by atoms with Crippen LogP contribution >= 0.6 is 0 Å². The first kappa shape index (κ1) is 13.8. The molecule has 0 aliphatic heterocycles. The highest BCUT2D eigenvalue weighted by Crippen LogP contribution is 2.27. The lowest BCUT2D eigenvalue weighted by Gasteiger charge is -2.10. The molecule has 5 nitrogen and oxygen atoms in total. The summed E-state index contributed by atoms with van der Waals surface area (Å²) in [6.45, 7) is 0.557. The van der Waals surface area contributed by atoms with E-state index in [-0.39, 0.29) is 0 Å². The number of nitrogens with zero attached hydrogens (tertiary/aromatic N) is 2. The summed E-state index contributed by atoms with van der Waals surface area (Å²) < 4.78 is 10.8. The van der Waals surface area contributed by atoms with Gasteiger partial charge in [-0.3, -0.25) is 0 Å². The molecule has 0 fully saturated rings. The molecular weight excluding hydrogens is 230 g/mol. The molecule has 1 aromatic carbocycles. The lowest BCUT2D eigenvalue weighted by molar-refractivity contribution is 0.287. The van der Waals surface area contributed by atoms with Gasteiger partial charge < -0.3 is 15.3 Å². The lowest BCUT2D eigenvalue weighted by atomic mass is 10.2. The topological polar surface area (TPSA) is 80.6 Å². The predicted molar refractivity (Wildman–Crippen MR) is 69.7 cm³/mol. The van der Waals surface area contributed by atoms with Gasteiger partial charge >= 0.3 is 0 Å². The molecule has 2 N–H and O–H groups in total. The number of hydrogen-bond donors (Lipinski definition) is 1. The molecule has 0 aromatic heterocycles. The Bertz CT molecular complexity index is 438. The first-order chi connectivity index (χ1) is 8.81. The molecule has 5 heteroatoms. The van der Waals surface area contributed by atoms with Crippen molar-refractivity contribution in [1.82, 2.24) is 0 Å². The summed E-state index contributed by atoms with van der Waals surface area (Å²) in [6.07, 6.45) is 3.77. The SMILES string of the molecule is COc1ccc(C=NN)cc1OCCCCC#N. The van der Waals surface area contributed by atoms with E-state index in [0.29, 0.717) is 24.5 Å². The van der Waals surface area contributed by atoms with E-state index in [1.807, 2.05) is 18.2 Å². The van der Waals surface area contributed by atoms with Crippen molar-refractivity contribution < 1.29 is 9.47 Å². The molecule has 0 radical (unpaired) electrons. The van der Waals surface area contributed by atoms with Crippen molar-refractivity contribution in [2.45, 2.75) is 19.3 Å². The van der Waals surface area contributed by atoms with E-state index < -0.39 is 0 Å². The van der Waals surface area contributed by atoms with E-state index in [4.69, 9.17) is 20.6 Å². The molecule has 0 heterocycles. The number of nitriles is 1. The van der Waals surface area contributed by atoms with Crippen LogP contribution in [0.3, 0.4) is 0 Å². The maximum Gasteiger partial charge on any atom is 0.161 e. The van der Waals surface area contributed by atoms with E-state index in [1.165, 1.54) is 0 Å². The third-order valence-electron chi connectivity index (χ3n) is 2.35. The van der Waals surface area contributed by atoms with Crippen molar-refractivity contribution in [1.29, 1.82) is 5.26 Å². The highest BCUT2D eigenvalue weighted by atomic mass is 16.5. The Balaban J connectivity index is 2.61. The van der Waals surface area contributed by atoms with Gasteiger partial charge in [-0.1, -0.05) is 0 Å². The van der Waals surface area contributed by atoms with Crippen molar-refractivity contribution in [3.8, 4) is 17.6 Å². The smallest absolute Gasteiger partial charge is 0.161 e. The summed E-state index contributed by atoms with van der Waals surface area (Å²) in [5.74, 6) is 6.43. The van der Waals surface area contributed by atoms with Gasteiger partial charge in [-0.25, -0.2) is 0 Å². The zero-order valence-electron chi connectivity index (χ0n) is 10.4. The highest BCUT2D eigenvalue weighted by Gasteiger charge is 2.04. The molecule has 0 aliphatic carbocycles. The van der Waals surface area contributed by atoms with Crippen LogP contribution in [0.4, 0.5) is 0 Å². The van der Waals surface area contributed by atoms with Crippen LogP contribution in [0.1, 0.15) is 24.8 Å². The Kier molecular flexibility index (Phi) is 6.12. The second kappa shape index (κ2) is 7.96. The van der Waals surface area contributed by atoms with Gasteiger partial charge in [0.1, 0.15) is 0 Å². The number of hydrazone groups is 1. The first-order valence-electron chi connectivity index (χ1n) is 5.73. The largest absolute Gasteiger partial charge is 0.493 e. The highest BCUT2D eigenvalue weighted by molar-refractivity contribution is 5.80. The number of rotatable bonds is 7. The van der Waals surface area contributed by atoms with E-state index in [9.17, 15) is 0 Å². The van der Waals surface area contributed by atoms with Crippen molar-refractivity contribution in [2.75, 3.05) is 13.7 Å². The summed E-state index contributed by atoms with van der Waals surface area (Å²) in [7, 11) is 1.59. The average Bonchev–Trinajstić information content (AvgIpc) is 2.39. The van der Waals surface area contributed by atoms with Crippen LogP contribution in [0.25, 0.3) is 0 Å². The molecule has 0 unspecified atom stereocenters. The Morgan fingerprint density at radius 3 is 2.89 bits per heavy atom. The van der Waals surface area contributed by atoms with Gasteiger partial charge in [0.25, 0.3) is 0 Å². The van der Waals surface area contributed by atoms with Crippen LogP contribution in [-0.2, 0) is 0 Å². The standard InChI is InChI=1S/C13H17N3O2/c1-17-12-6-5-11(10-16-15)9-13(12)18-8-4-2-3-7-14/h5-6,9-10H,2-4,8,15H2,1H3. The summed E-state index contributed by atoms with van der Waals surface area (Å²) in [6, 6.07) is 7.57. The molecule has 0 saturated heterocycles. The van der Waals surface area contributed by atoms with Gasteiger partial charge in [0.05, 0.1) is 26.0 Å². The van der Waals surface area contributed by atoms with E-state index in [1.54, 1.807) is 13.3 Å². The van der Waals surface area contributed by atoms with E-state index >= 15 is 0 Å². The van der Waals surface area contributed by atoms with Gasteiger partial charge in [-0.2, -0.15) is 10.4 Å². The van der Waals surface area contributed by atoms with E-state index in [2.05, 4.69) is 11.2 Å². The molecule has 0 saturated carbocycles. The van der Waals surface area contributed by atoms with Crippen LogP contribution in [0.2, 0.25) is 0 Å². The average molecular weight is 247 g/mol. The molecule has 0 spiro atoms. The molecule has 0 bridgehead atoms. The van der Waals surface area contributed by atoms with Crippen molar-refractivity contribution in [3.05, 3.63) is 23.8 Å². The minimum absolute atomic E-state index is 0.556. The molecular formula is C13H17N3O2. The third-order valence-corrected chi connectivity index (χ3v) is 2.35. The minimum Gasteiger partial charge on any atom is -0.493 e. The lowest BCUT2D eigenvalue weighted by Crippen LogP contribution is -2.00. The summed E-state index contributed by atoms with van der Waals surface area (Å²) in [5, 5.41) is 11.9. The predicted octanol–water partition coefficient (Wildman–Crippen LogP) is 2.06. The van der Waals surface area contributed by atoms with Crippen molar-refractivity contribution in [3.63, 3.8) is 0 Å². The maximum absolute atomic E-state index is 8.42. The molecule has 18 heavy (non-hydrogen) atoms. The number of ether oxygens (including phenoxy) is 2. The summed E-state index contributed by atoms with van der Waals surface area (Å²) >= 11 is 0. The molecule has 96 valence electrons. The maximum atomic E-state index is 8.42. The van der Waals surface area contributed by atoms with Crippen molar-refractivity contribution in [2.24, 2.45) is 10.9 Å². The Hall–Kier alpha value is -2.22. The van der Waals surface area contributed by atoms with Crippen LogP contribution < -0.4 is 15.3 Å². The fourth-order valence-electron chi connectivity index (χ4n) is 1.46. The fourth-order valence-corrected chi connectivity index (χ4v) is 1.46. The van der Waals surface area contributed by atoms with E-state index in [0.717, 1.165) is 18.4 Å². The Morgan fingerprint density at radius 1 is 1.39 bits per heavy atom. The summed E-state index contributed by atoms with van der Waals surface area (Å²) in [4.78, 5) is 0. The van der Waals surface area contributed by atoms with Gasteiger partial charge in [0, 0.05) is 6.42 Å². The van der Waals surface area contributed by atoms with Gasteiger partial charge in [0.15, 0.2) is 11.5 Å². The number of unbranched alkanes of at least 4 members (excludes halogenated alkanes) is 2. The molecule has 1 aromatic rings. The number of nitrogens with two attached hydrogens (primary N) is 1. The minimum atomic E-state index is 0.556.